The molecule has 32 heavy (non-hydrogen) atoms. The average Bonchev–Trinajstić information content (AvgIpc) is 3.23. The Labute approximate surface area is 209 Å². The van der Waals surface area contributed by atoms with E-state index in [1.54, 1.807) is 0 Å². The number of nitrogens with zero attached hydrogens (tertiary/aromatic N) is 1. The Morgan fingerprint density at radius 2 is 1.97 bits per heavy atom. The van der Waals surface area contributed by atoms with Crippen LogP contribution in [0.4, 0.5) is 0 Å². The number of ether oxygens (including phenoxy) is 2. The van der Waals surface area contributed by atoms with E-state index in [9.17, 15) is 4.79 Å². The van der Waals surface area contributed by atoms with E-state index in [-0.39, 0.29) is 41.9 Å². The highest BCUT2D eigenvalue weighted by atomic mass is 127. The van der Waals surface area contributed by atoms with Crippen molar-refractivity contribution in [2.45, 2.75) is 65.0 Å². The first kappa shape index (κ1) is 26.7. The third kappa shape index (κ3) is 8.77. The van der Waals surface area contributed by atoms with Crippen LogP contribution in [0, 0.1) is 12.8 Å². The molecule has 2 aliphatic rings. The van der Waals surface area contributed by atoms with Gasteiger partial charge in [-0.1, -0.05) is 18.6 Å². The third-order valence-electron chi connectivity index (χ3n) is 5.84. The van der Waals surface area contributed by atoms with Crippen LogP contribution in [-0.4, -0.2) is 50.8 Å². The molecule has 8 heteroatoms. The topological polar surface area (TPSA) is 84.0 Å². The molecule has 1 heterocycles. The van der Waals surface area contributed by atoms with Crippen LogP contribution in [0.25, 0.3) is 0 Å². The Hall–Kier alpha value is -1.55. The smallest absolute Gasteiger partial charge is 0.223 e. The normalized spacial score (nSPS) is 18.4. The van der Waals surface area contributed by atoms with Gasteiger partial charge in [-0.05, 0) is 57.6 Å². The summed E-state index contributed by atoms with van der Waals surface area (Å²) in [6, 6.07) is 6.25. The number of aliphatic imine (C=N–C) groups is 1. The van der Waals surface area contributed by atoms with Crippen LogP contribution in [0.2, 0.25) is 0 Å². The molecule has 1 atom stereocenters. The number of amides is 1. The number of halogens is 1. The molecule has 3 rings (SSSR count). The van der Waals surface area contributed by atoms with Crippen molar-refractivity contribution >= 4 is 35.8 Å². The van der Waals surface area contributed by atoms with Crippen LogP contribution in [-0.2, 0) is 16.1 Å². The summed E-state index contributed by atoms with van der Waals surface area (Å²) in [6.07, 6.45) is 6.50. The Bertz CT molecular complexity index is 734. The van der Waals surface area contributed by atoms with Gasteiger partial charge < -0.3 is 25.4 Å². The van der Waals surface area contributed by atoms with Crippen molar-refractivity contribution in [3.8, 4) is 5.75 Å². The van der Waals surface area contributed by atoms with Crippen molar-refractivity contribution in [1.29, 1.82) is 0 Å². The second-order valence-corrected chi connectivity index (χ2v) is 8.45. The number of carbonyl (C=O) groups excluding carboxylic acids is 1. The second kappa shape index (κ2) is 14.6. The van der Waals surface area contributed by atoms with Crippen molar-refractivity contribution < 1.29 is 14.3 Å². The summed E-state index contributed by atoms with van der Waals surface area (Å²) >= 11 is 0. The van der Waals surface area contributed by atoms with Gasteiger partial charge in [0.2, 0.25) is 5.91 Å². The average molecular weight is 559 g/mol. The lowest BCUT2D eigenvalue weighted by Gasteiger charge is -2.24. The number of benzene rings is 1. The van der Waals surface area contributed by atoms with Crippen molar-refractivity contribution in [3.63, 3.8) is 0 Å². The van der Waals surface area contributed by atoms with Crippen LogP contribution >= 0.6 is 24.0 Å². The molecule has 1 aromatic rings. The van der Waals surface area contributed by atoms with E-state index < -0.39 is 0 Å². The lowest BCUT2D eigenvalue weighted by molar-refractivity contribution is -0.127. The molecular weight excluding hydrogens is 519 g/mol. The molecule has 180 valence electrons. The van der Waals surface area contributed by atoms with Crippen molar-refractivity contribution in [1.82, 2.24) is 16.0 Å². The van der Waals surface area contributed by atoms with E-state index in [1.165, 1.54) is 12.0 Å². The molecule has 2 fully saturated rings. The van der Waals surface area contributed by atoms with E-state index in [1.807, 2.05) is 0 Å². The summed E-state index contributed by atoms with van der Waals surface area (Å²) in [4.78, 5) is 16.6. The first-order valence-corrected chi connectivity index (χ1v) is 11.8. The zero-order chi connectivity index (χ0) is 21.9. The van der Waals surface area contributed by atoms with Gasteiger partial charge in [0.1, 0.15) is 12.4 Å². The zero-order valence-corrected chi connectivity index (χ0v) is 21.8. The molecule has 1 aromatic carbocycles. The number of nitrogens with one attached hydrogen (secondary N) is 3. The van der Waals surface area contributed by atoms with E-state index in [0.717, 1.165) is 69.1 Å². The first-order chi connectivity index (χ1) is 15.2. The monoisotopic (exact) mass is 558 g/mol. The standard InChI is InChI=1S/C24H38N4O3.HI/c1-3-25-24(27-13-6-12-26-23(29)19-7-4-8-19)28-16-20-11-10-18(2)15-22(20)31-17-21-9-5-14-30-21;/h10-11,15,19,21H,3-9,12-14,16-17H2,1-2H3,(H,26,29)(H2,25,27,28);1H. The van der Waals surface area contributed by atoms with E-state index in [2.05, 4.69) is 48.0 Å². The Balaban J connectivity index is 0.00000363. The van der Waals surface area contributed by atoms with E-state index in [4.69, 9.17) is 14.5 Å². The number of carbonyl (C=O) groups is 1. The molecule has 0 aromatic heterocycles. The fourth-order valence-corrected chi connectivity index (χ4v) is 3.71. The molecule has 3 N–H and O–H groups in total. The Morgan fingerprint density at radius 1 is 1.16 bits per heavy atom. The summed E-state index contributed by atoms with van der Waals surface area (Å²) in [5.41, 5.74) is 2.23. The molecular formula is C24H39IN4O3. The third-order valence-corrected chi connectivity index (χ3v) is 5.84. The van der Waals surface area contributed by atoms with Gasteiger partial charge in [-0.15, -0.1) is 24.0 Å². The summed E-state index contributed by atoms with van der Waals surface area (Å²) < 4.78 is 11.8. The number of hydrogen-bond acceptors (Lipinski definition) is 4. The number of rotatable bonds is 11. The highest BCUT2D eigenvalue weighted by Crippen LogP contribution is 2.26. The number of aryl methyl sites for hydroxylation is 1. The van der Waals surface area contributed by atoms with Crippen LogP contribution < -0.4 is 20.7 Å². The van der Waals surface area contributed by atoms with Gasteiger partial charge in [-0.3, -0.25) is 4.79 Å². The van der Waals surface area contributed by atoms with Gasteiger partial charge in [-0.2, -0.15) is 0 Å². The molecule has 0 spiro atoms. The van der Waals surface area contributed by atoms with Crippen LogP contribution in [0.5, 0.6) is 5.75 Å². The maximum Gasteiger partial charge on any atom is 0.223 e. The quantitative estimate of drug-likeness (QED) is 0.168. The minimum atomic E-state index is 0. The molecule has 1 unspecified atom stereocenters. The molecule has 1 saturated carbocycles. The molecule has 1 aliphatic carbocycles. The Morgan fingerprint density at radius 3 is 2.66 bits per heavy atom. The number of hydrogen-bond donors (Lipinski definition) is 3. The highest BCUT2D eigenvalue weighted by Gasteiger charge is 2.24. The zero-order valence-electron chi connectivity index (χ0n) is 19.5. The van der Waals surface area contributed by atoms with Crippen LogP contribution in [0.1, 0.15) is 56.6 Å². The highest BCUT2D eigenvalue weighted by molar-refractivity contribution is 14.0. The first-order valence-electron chi connectivity index (χ1n) is 11.8. The maximum atomic E-state index is 11.9. The molecule has 7 nitrogen and oxygen atoms in total. The molecule has 1 amide bonds. The lowest BCUT2D eigenvalue weighted by atomic mass is 9.85. The van der Waals surface area contributed by atoms with Crippen molar-refractivity contribution in [3.05, 3.63) is 29.3 Å². The summed E-state index contributed by atoms with van der Waals surface area (Å²) in [7, 11) is 0. The summed E-state index contributed by atoms with van der Waals surface area (Å²) in [5, 5.41) is 9.68. The SMILES string of the molecule is CCNC(=NCc1ccc(C)cc1OCC1CCCO1)NCCCNC(=O)C1CCC1.I. The van der Waals surface area contributed by atoms with Gasteiger partial charge in [0.15, 0.2) is 5.96 Å². The molecule has 0 radical (unpaired) electrons. The molecule has 1 aliphatic heterocycles. The predicted molar refractivity (Wildman–Crippen MR) is 139 cm³/mol. The van der Waals surface area contributed by atoms with Crippen LogP contribution in [0.15, 0.2) is 23.2 Å². The van der Waals surface area contributed by atoms with Gasteiger partial charge in [0, 0.05) is 37.7 Å². The van der Waals surface area contributed by atoms with Gasteiger partial charge in [-0.25, -0.2) is 4.99 Å². The van der Waals surface area contributed by atoms with E-state index >= 15 is 0 Å². The van der Waals surface area contributed by atoms with Crippen molar-refractivity contribution in [2.75, 3.05) is 32.8 Å². The van der Waals surface area contributed by atoms with Gasteiger partial charge >= 0.3 is 0 Å². The maximum absolute atomic E-state index is 11.9. The fourth-order valence-electron chi connectivity index (χ4n) is 3.71. The predicted octanol–water partition coefficient (Wildman–Crippen LogP) is 3.53. The minimum Gasteiger partial charge on any atom is -0.491 e. The summed E-state index contributed by atoms with van der Waals surface area (Å²) in [5.74, 6) is 2.12. The molecule has 0 bridgehead atoms. The summed E-state index contributed by atoms with van der Waals surface area (Å²) in [6.45, 7) is 8.33. The second-order valence-electron chi connectivity index (χ2n) is 8.45. The van der Waals surface area contributed by atoms with Gasteiger partial charge in [0.25, 0.3) is 0 Å². The molecule has 1 saturated heterocycles. The minimum absolute atomic E-state index is 0. The lowest BCUT2D eigenvalue weighted by Crippen LogP contribution is -2.39. The number of guanidine groups is 1. The van der Waals surface area contributed by atoms with Crippen molar-refractivity contribution in [2.24, 2.45) is 10.9 Å². The van der Waals surface area contributed by atoms with Crippen LogP contribution in [0.3, 0.4) is 0 Å². The van der Waals surface area contributed by atoms with Gasteiger partial charge in [0.05, 0.1) is 12.6 Å². The van der Waals surface area contributed by atoms with E-state index in [0.29, 0.717) is 19.7 Å². The largest absolute Gasteiger partial charge is 0.491 e. The Kier molecular flexibility index (Phi) is 12.2. The fraction of sp³-hybridized carbons (Fsp3) is 0.667.